The SMILES string of the molecule is Cc1ccc(S(=O)(=O)n2ccc3c4c(cnc32)ncn4N2CCNC2)cc1. The molecule has 1 saturated heterocycles. The van der Waals surface area contributed by atoms with Crippen molar-refractivity contribution in [3.05, 3.63) is 54.6 Å². The van der Waals surface area contributed by atoms with E-state index in [1.807, 2.05) is 11.6 Å². The zero-order valence-corrected chi connectivity index (χ0v) is 15.5. The van der Waals surface area contributed by atoms with E-state index >= 15 is 0 Å². The van der Waals surface area contributed by atoms with Crippen molar-refractivity contribution in [3.8, 4) is 0 Å². The monoisotopic (exact) mass is 382 g/mol. The third-order valence-corrected chi connectivity index (χ3v) is 6.57. The van der Waals surface area contributed by atoms with Gasteiger partial charge in [0.05, 0.1) is 17.8 Å². The first-order chi connectivity index (χ1) is 13.1. The average molecular weight is 382 g/mol. The lowest BCUT2D eigenvalue weighted by molar-refractivity contribution is 0.589. The summed E-state index contributed by atoms with van der Waals surface area (Å²) in [5, 5.41) is 6.17. The van der Waals surface area contributed by atoms with Gasteiger partial charge in [0.15, 0.2) is 5.65 Å². The molecule has 0 radical (unpaired) electrons. The number of hydrogen-bond acceptors (Lipinski definition) is 6. The highest BCUT2D eigenvalue weighted by atomic mass is 32.2. The first-order valence-corrected chi connectivity index (χ1v) is 10.1. The standard InChI is InChI=1S/C18H18N6O2S/c1-13-2-4-14(5-3-13)27(25,26)24-8-6-15-17-16(10-20-18(15)24)21-12-23(17)22-9-7-19-11-22/h2-6,8,10,12,19H,7,9,11H2,1H3. The molecule has 1 aliphatic heterocycles. The number of pyridine rings is 1. The van der Waals surface area contributed by atoms with Gasteiger partial charge in [-0.25, -0.2) is 27.0 Å². The number of aryl methyl sites for hydroxylation is 1. The Morgan fingerprint density at radius 3 is 2.67 bits per heavy atom. The van der Waals surface area contributed by atoms with Crippen LogP contribution >= 0.6 is 0 Å². The van der Waals surface area contributed by atoms with Gasteiger partial charge in [-0.05, 0) is 25.1 Å². The first-order valence-electron chi connectivity index (χ1n) is 8.67. The summed E-state index contributed by atoms with van der Waals surface area (Å²) in [5.41, 5.74) is 3.01. The molecular weight excluding hydrogens is 364 g/mol. The van der Waals surface area contributed by atoms with Crippen molar-refractivity contribution in [2.24, 2.45) is 0 Å². The lowest BCUT2D eigenvalue weighted by Crippen LogP contribution is -2.32. The average Bonchev–Trinajstić information content (AvgIpc) is 3.39. The second kappa shape index (κ2) is 5.80. The van der Waals surface area contributed by atoms with Crippen LogP contribution in [0.5, 0.6) is 0 Å². The second-order valence-electron chi connectivity index (χ2n) is 6.64. The zero-order valence-electron chi connectivity index (χ0n) is 14.7. The lowest BCUT2D eigenvalue weighted by Gasteiger charge is -2.18. The van der Waals surface area contributed by atoms with E-state index in [-0.39, 0.29) is 4.90 Å². The van der Waals surface area contributed by atoms with Crippen LogP contribution in [0.2, 0.25) is 0 Å². The Morgan fingerprint density at radius 2 is 1.93 bits per heavy atom. The van der Waals surface area contributed by atoms with Crippen molar-refractivity contribution in [1.82, 2.24) is 23.9 Å². The fraction of sp³-hybridized carbons (Fsp3) is 0.222. The molecule has 3 aromatic heterocycles. The number of hydrogen-bond donors (Lipinski definition) is 1. The van der Waals surface area contributed by atoms with Crippen LogP contribution in [0.1, 0.15) is 5.56 Å². The molecule has 0 bridgehead atoms. The molecule has 5 rings (SSSR count). The third-order valence-electron chi connectivity index (χ3n) is 4.89. The smallest absolute Gasteiger partial charge is 0.269 e. The predicted octanol–water partition coefficient (Wildman–Crippen LogP) is 1.43. The third kappa shape index (κ3) is 2.42. The van der Waals surface area contributed by atoms with E-state index in [1.54, 1.807) is 49.1 Å². The Morgan fingerprint density at radius 1 is 1.11 bits per heavy atom. The summed E-state index contributed by atoms with van der Waals surface area (Å²) >= 11 is 0. The minimum Gasteiger partial charge on any atom is -0.297 e. The fourth-order valence-electron chi connectivity index (χ4n) is 3.46. The second-order valence-corrected chi connectivity index (χ2v) is 8.45. The van der Waals surface area contributed by atoms with Crippen molar-refractivity contribution in [1.29, 1.82) is 0 Å². The summed E-state index contributed by atoms with van der Waals surface area (Å²) in [5.74, 6) is 0. The molecule has 27 heavy (non-hydrogen) atoms. The van der Waals surface area contributed by atoms with Gasteiger partial charge >= 0.3 is 0 Å². The highest BCUT2D eigenvalue weighted by Crippen LogP contribution is 2.27. The lowest BCUT2D eigenvalue weighted by atomic mass is 10.2. The maximum atomic E-state index is 13.1. The molecule has 0 spiro atoms. The predicted molar refractivity (Wildman–Crippen MR) is 103 cm³/mol. The number of benzene rings is 1. The topological polar surface area (TPSA) is 85.0 Å². The molecule has 0 atom stereocenters. The minimum atomic E-state index is -3.72. The van der Waals surface area contributed by atoms with Crippen LogP contribution < -0.4 is 10.3 Å². The van der Waals surface area contributed by atoms with Crippen molar-refractivity contribution >= 4 is 32.1 Å². The molecule has 1 aliphatic rings. The van der Waals surface area contributed by atoms with Gasteiger partial charge in [-0.3, -0.25) is 10.3 Å². The molecule has 138 valence electrons. The first kappa shape index (κ1) is 16.3. The van der Waals surface area contributed by atoms with Gasteiger partial charge in [0.2, 0.25) is 0 Å². The Kier molecular flexibility index (Phi) is 3.49. The molecular formula is C18H18N6O2S. The molecule has 4 heterocycles. The van der Waals surface area contributed by atoms with Gasteiger partial charge in [-0.2, -0.15) is 0 Å². The van der Waals surface area contributed by atoms with Crippen LogP contribution in [0.4, 0.5) is 0 Å². The number of rotatable bonds is 3. The summed E-state index contributed by atoms with van der Waals surface area (Å²) in [6.07, 6.45) is 4.94. The van der Waals surface area contributed by atoms with Crippen molar-refractivity contribution in [2.75, 3.05) is 24.8 Å². The van der Waals surface area contributed by atoms with Gasteiger partial charge < -0.3 is 0 Å². The van der Waals surface area contributed by atoms with Crippen molar-refractivity contribution < 1.29 is 8.42 Å². The summed E-state index contributed by atoms with van der Waals surface area (Å²) in [6.45, 7) is 4.40. The molecule has 1 N–H and O–H groups in total. The van der Waals surface area contributed by atoms with E-state index in [1.165, 1.54) is 3.97 Å². The largest absolute Gasteiger partial charge is 0.297 e. The highest BCUT2D eigenvalue weighted by molar-refractivity contribution is 7.90. The summed E-state index contributed by atoms with van der Waals surface area (Å²) in [6, 6.07) is 8.61. The number of aromatic nitrogens is 4. The van der Waals surface area contributed by atoms with Crippen LogP contribution in [0.15, 0.2) is 53.9 Å². The van der Waals surface area contributed by atoms with E-state index in [2.05, 4.69) is 20.3 Å². The van der Waals surface area contributed by atoms with Crippen LogP contribution in [0.3, 0.4) is 0 Å². The van der Waals surface area contributed by atoms with E-state index in [0.717, 1.165) is 41.7 Å². The van der Waals surface area contributed by atoms with E-state index in [0.29, 0.717) is 5.65 Å². The molecule has 0 amide bonds. The molecule has 9 heteroatoms. The number of imidazole rings is 1. The van der Waals surface area contributed by atoms with Gasteiger partial charge in [0.25, 0.3) is 10.0 Å². The molecule has 1 fully saturated rings. The number of fused-ring (bicyclic) bond motifs is 3. The molecule has 1 aromatic carbocycles. The van der Waals surface area contributed by atoms with E-state index in [4.69, 9.17) is 0 Å². The summed E-state index contributed by atoms with van der Waals surface area (Å²) < 4.78 is 29.4. The van der Waals surface area contributed by atoms with Crippen LogP contribution in [-0.2, 0) is 10.0 Å². The summed E-state index contributed by atoms with van der Waals surface area (Å²) in [7, 11) is -3.72. The Hall–Kier alpha value is -2.91. The molecule has 0 aliphatic carbocycles. The normalized spacial score (nSPS) is 15.2. The Bertz CT molecular complexity index is 1250. The maximum Gasteiger partial charge on any atom is 0.269 e. The maximum absolute atomic E-state index is 13.1. The summed E-state index contributed by atoms with van der Waals surface area (Å²) in [4.78, 5) is 9.06. The quantitative estimate of drug-likeness (QED) is 0.577. The number of nitrogens with zero attached hydrogens (tertiary/aromatic N) is 5. The Labute approximate surface area is 156 Å². The minimum absolute atomic E-state index is 0.241. The molecule has 0 saturated carbocycles. The van der Waals surface area contributed by atoms with Crippen LogP contribution in [0, 0.1) is 6.92 Å². The van der Waals surface area contributed by atoms with Crippen molar-refractivity contribution in [3.63, 3.8) is 0 Å². The van der Waals surface area contributed by atoms with Crippen molar-refractivity contribution in [2.45, 2.75) is 11.8 Å². The zero-order chi connectivity index (χ0) is 18.6. The number of nitrogens with one attached hydrogen (secondary N) is 1. The molecule has 8 nitrogen and oxygen atoms in total. The van der Waals surface area contributed by atoms with Gasteiger partial charge in [0.1, 0.15) is 17.4 Å². The fourth-order valence-corrected chi connectivity index (χ4v) is 4.76. The molecule has 4 aromatic rings. The van der Waals surface area contributed by atoms with Gasteiger partial charge in [0, 0.05) is 24.7 Å². The Balaban J connectivity index is 1.72. The van der Waals surface area contributed by atoms with Crippen LogP contribution in [-0.4, -0.2) is 46.8 Å². The van der Waals surface area contributed by atoms with Crippen LogP contribution in [0.25, 0.3) is 22.1 Å². The van der Waals surface area contributed by atoms with Gasteiger partial charge in [-0.15, -0.1) is 0 Å². The highest BCUT2D eigenvalue weighted by Gasteiger charge is 2.23. The van der Waals surface area contributed by atoms with E-state index in [9.17, 15) is 8.42 Å². The van der Waals surface area contributed by atoms with Gasteiger partial charge in [-0.1, -0.05) is 17.7 Å². The van der Waals surface area contributed by atoms with E-state index < -0.39 is 10.0 Å². The molecule has 0 unspecified atom stereocenters.